The molecule has 0 bridgehead atoms. The Bertz CT molecular complexity index is 755. The van der Waals surface area contributed by atoms with Gasteiger partial charge in [0, 0.05) is 44.9 Å². The Morgan fingerprint density at radius 2 is 1.36 bits per heavy atom. The van der Waals surface area contributed by atoms with Gasteiger partial charge in [0.25, 0.3) is 0 Å². The molecule has 0 radical (unpaired) electrons. The lowest BCUT2D eigenvalue weighted by molar-refractivity contribution is -0.0457. The average molecular weight is 451 g/mol. The molecule has 1 saturated carbocycles. The van der Waals surface area contributed by atoms with Gasteiger partial charge in [0.1, 0.15) is 0 Å². The van der Waals surface area contributed by atoms with E-state index in [0.717, 1.165) is 19.7 Å². The monoisotopic (exact) mass is 450 g/mol. The first kappa shape index (κ1) is 24.4. The minimum absolute atomic E-state index is 0.329. The number of hydrogen-bond acceptors (Lipinski definition) is 4. The van der Waals surface area contributed by atoms with Crippen LogP contribution in [0.4, 0.5) is 0 Å². The molecule has 1 aliphatic heterocycles. The lowest BCUT2D eigenvalue weighted by Crippen LogP contribution is -2.55. The second-order valence-electron chi connectivity index (χ2n) is 10.2. The summed E-state index contributed by atoms with van der Waals surface area (Å²) >= 11 is 0. The fourth-order valence-corrected chi connectivity index (χ4v) is 5.72. The molecule has 2 aliphatic rings. The van der Waals surface area contributed by atoms with Crippen molar-refractivity contribution in [1.82, 2.24) is 9.80 Å². The third-order valence-corrected chi connectivity index (χ3v) is 7.85. The van der Waals surface area contributed by atoms with E-state index < -0.39 is 0 Å². The fourth-order valence-electron chi connectivity index (χ4n) is 5.72. The third-order valence-electron chi connectivity index (χ3n) is 7.85. The van der Waals surface area contributed by atoms with Crippen LogP contribution in [0.15, 0.2) is 60.7 Å². The molecular formula is C29H42N2O2. The molecule has 180 valence electrons. The highest BCUT2D eigenvalue weighted by atomic mass is 16.5. The molecule has 0 unspecified atom stereocenters. The van der Waals surface area contributed by atoms with Gasteiger partial charge in [0.15, 0.2) is 0 Å². The molecule has 4 rings (SSSR count). The molecule has 1 aliphatic carbocycles. The van der Waals surface area contributed by atoms with Gasteiger partial charge in [-0.05, 0) is 56.6 Å². The van der Waals surface area contributed by atoms with Gasteiger partial charge in [-0.15, -0.1) is 0 Å². The van der Waals surface area contributed by atoms with Gasteiger partial charge in [0.2, 0.25) is 0 Å². The molecular weight excluding hydrogens is 408 g/mol. The fraction of sp³-hybridized carbons (Fsp3) is 0.586. The summed E-state index contributed by atoms with van der Waals surface area (Å²) in [7, 11) is 1.74. The molecule has 2 aromatic carbocycles. The summed E-state index contributed by atoms with van der Waals surface area (Å²) in [6, 6.07) is 22.6. The van der Waals surface area contributed by atoms with Crippen LogP contribution in [0.25, 0.3) is 0 Å². The summed E-state index contributed by atoms with van der Waals surface area (Å²) in [5.74, 6) is 0. The van der Waals surface area contributed by atoms with Crippen molar-refractivity contribution in [3.05, 3.63) is 71.8 Å². The van der Waals surface area contributed by atoms with Gasteiger partial charge >= 0.3 is 0 Å². The number of nitrogens with zero attached hydrogens (tertiary/aromatic N) is 2. The van der Waals surface area contributed by atoms with E-state index in [1.165, 1.54) is 62.7 Å². The highest BCUT2D eigenvalue weighted by molar-refractivity contribution is 5.17. The summed E-state index contributed by atoms with van der Waals surface area (Å²) in [6.07, 6.45) is 7.76. The number of piperidine rings is 1. The maximum absolute atomic E-state index is 6.02. The maximum Gasteiger partial charge on any atom is 0.0704 e. The van der Waals surface area contributed by atoms with E-state index in [1.54, 1.807) is 7.11 Å². The third kappa shape index (κ3) is 6.89. The smallest absolute Gasteiger partial charge is 0.0704 e. The number of benzene rings is 2. The van der Waals surface area contributed by atoms with Crippen molar-refractivity contribution < 1.29 is 9.47 Å². The second kappa shape index (κ2) is 12.1. The van der Waals surface area contributed by atoms with Crippen molar-refractivity contribution in [3.8, 4) is 0 Å². The summed E-state index contributed by atoms with van der Waals surface area (Å²) in [6.45, 7) is 8.37. The van der Waals surface area contributed by atoms with Crippen LogP contribution < -0.4 is 0 Å². The first-order valence-electron chi connectivity index (χ1n) is 12.8. The van der Waals surface area contributed by atoms with Crippen molar-refractivity contribution in [2.75, 3.05) is 33.4 Å². The normalized spacial score (nSPS) is 24.9. The molecule has 0 amide bonds. The number of ether oxygens (including phenoxy) is 2. The number of methoxy groups -OCH3 is 1. The molecule has 1 saturated heterocycles. The van der Waals surface area contributed by atoms with Crippen molar-refractivity contribution in [2.24, 2.45) is 0 Å². The van der Waals surface area contributed by atoms with E-state index in [9.17, 15) is 0 Å². The molecule has 2 aromatic rings. The first-order valence-corrected chi connectivity index (χ1v) is 12.8. The maximum atomic E-state index is 6.02. The molecule has 2 fully saturated rings. The summed E-state index contributed by atoms with van der Waals surface area (Å²) < 4.78 is 11.2. The largest absolute Gasteiger partial charge is 0.382 e. The Morgan fingerprint density at radius 1 is 0.818 bits per heavy atom. The van der Waals surface area contributed by atoms with Crippen molar-refractivity contribution in [3.63, 3.8) is 0 Å². The number of rotatable bonds is 10. The highest BCUT2D eigenvalue weighted by Crippen LogP contribution is 2.37. The molecule has 4 nitrogen and oxygen atoms in total. The minimum Gasteiger partial charge on any atom is -0.382 e. The standard InChI is InChI=1S/C29H42N2O2/c1-29(17-13-28(14-18-29)33-22-21-32-2)31-19-15-27(16-20-31)30(23-25-9-5-3-6-10-25)24-26-11-7-4-8-12-26/h3-12,27-28H,13-24H2,1-2H3. The Hall–Kier alpha value is -1.72. The second-order valence-corrected chi connectivity index (χ2v) is 10.2. The Labute approximate surface area is 200 Å². The van der Waals surface area contributed by atoms with Crippen LogP contribution in [0.5, 0.6) is 0 Å². The zero-order chi connectivity index (χ0) is 22.9. The predicted molar refractivity (Wildman–Crippen MR) is 135 cm³/mol. The van der Waals surface area contributed by atoms with Crippen molar-refractivity contribution >= 4 is 0 Å². The van der Waals surface area contributed by atoms with E-state index in [-0.39, 0.29) is 0 Å². The lowest BCUT2D eigenvalue weighted by atomic mass is 9.79. The topological polar surface area (TPSA) is 24.9 Å². The van der Waals surface area contributed by atoms with Crippen LogP contribution >= 0.6 is 0 Å². The minimum atomic E-state index is 0.329. The van der Waals surface area contributed by atoms with E-state index >= 15 is 0 Å². The Kier molecular flexibility index (Phi) is 8.96. The Morgan fingerprint density at radius 3 is 1.88 bits per heavy atom. The van der Waals surface area contributed by atoms with Gasteiger partial charge in [0.05, 0.1) is 19.3 Å². The van der Waals surface area contributed by atoms with E-state index in [4.69, 9.17) is 9.47 Å². The highest BCUT2D eigenvalue weighted by Gasteiger charge is 2.38. The molecule has 0 N–H and O–H groups in total. The van der Waals surface area contributed by atoms with Crippen LogP contribution in [0, 0.1) is 0 Å². The zero-order valence-corrected chi connectivity index (χ0v) is 20.6. The molecule has 0 aromatic heterocycles. The Balaban J connectivity index is 1.33. The van der Waals surface area contributed by atoms with E-state index in [1.807, 2.05) is 0 Å². The predicted octanol–water partition coefficient (Wildman–Crippen LogP) is 5.52. The SMILES string of the molecule is COCCOC1CCC(C)(N2CCC(N(Cc3ccccc3)Cc3ccccc3)CC2)CC1. The summed E-state index contributed by atoms with van der Waals surface area (Å²) in [4.78, 5) is 5.50. The zero-order valence-electron chi connectivity index (χ0n) is 20.6. The lowest BCUT2D eigenvalue weighted by Gasteiger charge is -2.49. The molecule has 0 atom stereocenters. The molecule has 1 heterocycles. The van der Waals surface area contributed by atoms with Crippen LogP contribution in [-0.4, -0.2) is 60.9 Å². The van der Waals surface area contributed by atoms with E-state index in [2.05, 4.69) is 77.4 Å². The van der Waals surface area contributed by atoms with Crippen LogP contribution in [-0.2, 0) is 22.6 Å². The first-order chi connectivity index (χ1) is 16.2. The van der Waals surface area contributed by atoms with Crippen molar-refractivity contribution in [1.29, 1.82) is 0 Å². The van der Waals surface area contributed by atoms with Crippen LogP contribution in [0.3, 0.4) is 0 Å². The number of hydrogen-bond donors (Lipinski definition) is 0. The molecule has 0 spiro atoms. The van der Waals surface area contributed by atoms with Crippen molar-refractivity contribution in [2.45, 2.75) is 76.2 Å². The van der Waals surface area contributed by atoms with Gasteiger partial charge < -0.3 is 9.47 Å². The molecule has 4 heteroatoms. The quantitative estimate of drug-likeness (QED) is 0.445. The van der Waals surface area contributed by atoms with Crippen LogP contribution in [0.1, 0.15) is 56.6 Å². The average Bonchev–Trinajstić information content (AvgIpc) is 2.86. The summed E-state index contributed by atoms with van der Waals surface area (Å²) in [5.41, 5.74) is 3.15. The van der Waals surface area contributed by atoms with Gasteiger partial charge in [-0.25, -0.2) is 0 Å². The van der Waals surface area contributed by atoms with E-state index in [0.29, 0.717) is 24.3 Å². The van der Waals surface area contributed by atoms with Gasteiger partial charge in [-0.3, -0.25) is 9.80 Å². The summed E-state index contributed by atoms with van der Waals surface area (Å²) in [5, 5.41) is 0. The van der Waals surface area contributed by atoms with Gasteiger partial charge in [-0.2, -0.15) is 0 Å². The number of likely N-dealkylation sites (tertiary alicyclic amines) is 1. The molecule has 33 heavy (non-hydrogen) atoms. The van der Waals surface area contributed by atoms with Gasteiger partial charge in [-0.1, -0.05) is 60.7 Å². The van der Waals surface area contributed by atoms with Crippen LogP contribution in [0.2, 0.25) is 0 Å².